The summed E-state index contributed by atoms with van der Waals surface area (Å²) in [6.07, 6.45) is 0. The zero-order chi connectivity index (χ0) is 20.4. The van der Waals surface area contributed by atoms with E-state index >= 15 is 0 Å². The summed E-state index contributed by atoms with van der Waals surface area (Å²) < 4.78 is 5.28. The van der Waals surface area contributed by atoms with E-state index in [0.29, 0.717) is 16.7 Å². The first-order valence-electron chi connectivity index (χ1n) is 8.82. The minimum atomic E-state index is -0.690. The summed E-state index contributed by atoms with van der Waals surface area (Å²) in [5.74, 6) is -1.69. The van der Waals surface area contributed by atoms with Crippen LogP contribution in [0.4, 0.5) is 0 Å². The molecule has 3 aromatic rings. The van der Waals surface area contributed by atoms with Gasteiger partial charge in [-0.25, -0.2) is 9.69 Å². The Labute approximate surface area is 166 Å². The van der Waals surface area contributed by atoms with Crippen molar-refractivity contribution in [1.82, 2.24) is 4.90 Å². The van der Waals surface area contributed by atoms with Crippen LogP contribution in [-0.2, 0) is 4.74 Å². The van der Waals surface area contributed by atoms with Gasteiger partial charge in [-0.15, -0.1) is 0 Å². The fraction of sp³-hybridized carbons (Fsp3) is 0.0435. The molecule has 0 atom stereocenters. The summed E-state index contributed by atoms with van der Waals surface area (Å²) in [6.45, 7) is -0.487. The molecule has 140 valence electrons. The van der Waals surface area contributed by atoms with Crippen LogP contribution in [-0.4, -0.2) is 29.4 Å². The average Bonchev–Trinajstić information content (AvgIpc) is 3.02. The molecule has 0 fully saturated rings. The molecule has 29 heavy (non-hydrogen) atoms. The zero-order valence-electron chi connectivity index (χ0n) is 15.2. The number of carbonyl (C=O) groups excluding carboxylic acids is 3. The van der Waals surface area contributed by atoms with Crippen molar-refractivity contribution in [2.45, 2.75) is 0 Å². The summed E-state index contributed by atoms with van der Waals surface area (Å²) >= 11 is 0. The molecule has 0 radical (unpaired) electrons. The summed E-state index contributed by atoms with van der Waals surface area (Å²) in [4.78, 5) is 38.4. The van der Waals surface area contributed by atoms with E-state index in [9.17, 15) is 19.6 Å². The van der Waals surface area contributed by atoms with Crippen molar-refractivity contribution in [2.24, 2.45) is 0 Å². The number of esters is 1. The Kier molecular flexibility index (Phi) is 4.63. The fourth-order valence-corrected chi connectivity index (χ4v) is 3.27. The third kappa shape index (κ3) is 3.15. The molecular formula is C23H14N2O4. The van der Waals surface area contributed by atoms with Gasteiger partial charge in [-0.2, -0.15) is 5.26 Å². The van der Waals surface area contributed by atoms with Gasteiger partial charge in [0, 0.05) is 5.56 Å². The maximum atomic E-state index is 12.7. The molecule has 4 rings (SSSR count). The molecule has 1 aliphatic heterocycles. The van der Waals surface area contributed by atoms with E-state index in [0.717, 1.165) is 4.90 Å². The first-order chi connectivity index (χ1) is 14.1. The highest BCUT2D eigenvalue weighted by Crippen LogP contribution is 2.28. The van der Waals surface area contributed by atoms with Gasteiger partial charge in [0.25, 0.3) is 11.8 Å². The highest BCUT2D eigenvalue weighted by Gasteiger charge is 2.36. The summed E-state index contributed by atoms with van der Waals surface area (Å²) in [6, 6.07) is 22.2. The predicted octanol–water partition coefficient (Wildman–Crippen LogP) is 3.64. The van der Waals surface area contributed by atoms with Crippen LogP contribution in [0.2, 0.25) is 0 Å². The number of fused-ring (bicyclic) bond motifs is 1. The number of imide groups is 1. The van der Waals surface area contributed by atoms with Gasteiger partial charge in [-0.1, -0.05) is 48.5 Å². The Morgan fingerprint density at radius 1 is 0.793 bits per heavy atom. The van der Waals surface area contributed by atoms with Crippen molar-refractivity contribution in [1.29, 1.82) is 5.26 Å². The number of carbonyl (C=O) groups is 3. The highest BCUT2D eigenvalue weighted by molar-refractivity contribution is 6.21. The molecule has 0 spiro atoms. The van der Waals surface area contributed by atoms with Crippen LogP contribution in [0.15, 0.2) is 72.8 Å². The van der Waals surface area contributed by atoms with Gasteiger partial charge in [0.15, 0.2) is 6.73 Å². The Hall–Kier alpha value is -4.24. The molecule has 0 N–H and O–H groups in total. The lowest BCUT2D eigenvalue weighted by atomic mass is 9.96. The quantitative estimate of drug-likeness (QED) is 0.508. The summed E-state index contributed by atoms with van der Waals surface area (Å²) in [7, 11) is 0. The fourth-order valence-electron chi connectivity index (χ4n) is 3.27. The summed E-state index contributed by atoms with van der Waals surface area (Å²) in [5, 5.41) is 9.35. The van der Waals surface area contributed by atoms with Crippen LogP contribution in [0.3, 0.4) is 0 Å². The standard InChI is InChI=1S/C23H14N2O4/c24-13-15-7-1-2-8-16(15)17-9-3-6-12-20(17)23(28)29-14-25-21(26)18-10-4-5-11-19(18)22(25)27/h1-12H,14H2. The predicted molar refractivity (Wildman–Crippen MR) is 104 cm³/mol. The van der Waals surface area contributed by atoms with Crippen LogP contribution in [0, 0.1) is 11.3 Å². The molecule has 0 saturated carbocycles. The first-order valence-corrected chi connectivity index (χ1v) is 8.82. The van der Waals surface area contributed by atoms with Crippen molar-refractivity contribution < 1.29 is 19.1 Å². The SMILES string of the molecule is N#Cc1ccccc1-c1ccccc1C(=O)OCN1C(=O)c2ccccc2C1=O. The smallest absolute Gasteiger partial charge is 0.340 e. The monoisotopic (exact) mass is 382 g/mol. The molecule has 2 amide bonds. The molecule has 0 bridgehead atoms. The highest BCUT2D eigenvalue weighted by atomic mass is 16.5. The largest absolute Gasteiger partial charge is 0.440 e. The van der Waals surface area contributed by atoms with Gasteiger partial charge in [-0.3, -0.25) is 9.59 Å². The van der Waals surface area contributed by atoms with Gasteiger partial charge in [0.2, 0.25) is 0 Å². The van der Waals surface area contributed by atoms with Gasteiger partial charge in [-0.05, 0) is 29.8 Å². The van der Waals surface area contributed by atoms with Crippen LogP contribution >= 0.6 is 0 Å². The van der Waals surface area contributed by atoms with E-state index in [-0.39, 0.29) is 16.7 Å². The van der Waals surface area contributed by atoms with Gasteiger partial charge >= 0.3 is 5.97 Å². The Morgan fingerprint density at radius 2 is 1.31 bits per heavy atom. The number of rotatable bonds is 4. The van der Waals surface area contributed by atoms with Crippen molar-refractivity contribution >= 4 is 17.8 Å². The van der Waals surface area contributed by atoms with E-state index in [1.54, 1.807) is 72.8 Å². The second-order valence-electron chi connectivity index (χ2n) is 6.35. The molecule has 1 aliphatic rings. The number of amides is 2. The molecule has 0 aromatic heterocycles. The number of hydrogen-bond donors (Lipinski definition) is 0. The van der Waals surface area contributed by atoms with E-state index in [1.165, 1.54) is 0 Å². The van der Waals surface area contributed by atoms with E-state index in [2.05, 4.69) is 6.07 Å². The number of nitriles is 1. The molecule has 0 saturated heterocycles. The number of benzene rings is 3. The second-order valence-corrected chi connectivity index (χ2v) is 6.35. The van der Waals surface area contributed by atoms with Crippen LogP contribution in [0.25, 0.3) is 11.1 Å². The third-order valence-electron chi connectivity index (χ3n) is 4.69. The van der Waals surface area contributed by atoms with Gasteiger partial charge < -0.3 is 4.74 Å². The molecule has 1 heterocycles. The normalized spacial score (nSPS) is 12.4. The topological polar surface area (TPSA) is 87.5 Å². The molecular weight excluding hydrogens is 368 g/mol. The Bertz CT molecular complexity index is 1160. The average molecular weight is 382 g/mol. The van der Waals surface area contributed by atoms with Crippen LogP contribution in [0.5, 0.6) is 0 Å². The minimum Gasteiger partial charge on any atom is -0.440 e. The number of ether oxygens (including phenoxy) is 1. The van der Waals surface area contributed by atoms with E-state index in [1.807, 2.05) is 0 Å². The first kappa shape index (κ1) is 18.1. The molecule has 6 heteroatoms. The molecule has 0 aliphatic carbocycles. The number of hydrogen-bond acceptors (Lipinski definition) is 5. The minimum absolute atomic E-state index is 0.242. The summed E-state index contributed by atoms with van der Waals surface area (Å²) in [5.41, 5.74) is 2.38. The van der Waals surface area contributed by atoms with Gasteiger partial charge in [0.1, 0.15) is 0 Å². The van der Waals surface area contributed by atoms with Crippen molar-refractivity contribution in [3.8, 4) is 17.2 Å². The number of nitrogens with zero attached hydrogens (tertiary/aromatic N) is 2. The van der Waals surface area contributed by atoms with Crippen LogP contribution in [0.1, 0.15) is 36.6 Å². The lowest BCUT2D eigenvalue weighted by molar-refractivity contribution is 0.0229. The molecule has 0 unspecified atom stereocenters. The maximum absolute atomic E-state index is 12.7. The Morgan fingerprint density at radius 3 is 1.93 bits per heavy atom. The van der Waals surface area contributed by atoms with Crippen LogP contribution < -0.4 is 0 Å². The van der Waals surface area contributed by atoms with E-state index < -0.39 is 24.5 Å². The lowest BCUT2D eigenvalue weighted by Crippen LogP contribution is -2.33. The van der Waals surface area contributed by atoms with Crippen molar-refractivity contribution in [3.63, 3.8) is 0 Å². The van der Waals surface area contributed by atoms with Gasteiger partial charge in [0.05, 0.1) is 28.3 Å². The third-order valence-corrected chi connectivity index (χ3v) is 4.69. The second kappa shape index (κ2) is 7.41. The van der Waals surface area contributed by atoms with Crippen molar-refractivity contribution in [3.05, 3.63) is 95.1 Å². The molecule has 6 nitrogen and oxygen atoms in total. The zero-order valence-corrected chi connectivity index (χ0v) is 15.2. The Balaban J connectivity index is 1.58. The van der Waals surface area contributed by atoms with E-state index in [4.69, 9.17) is 4.74 Å². The van der Waals surface area contributed by atoms with Crippen molar-refractivity contribution in [2.75, 3.05) is 6.73 Å². The maximum Gasteiger partial charge on any atom is 0.340 e. The molecule has 3 aromatic carbocycles. The lowest BCUT2D eigenvalue weighted by Gasteiger charge is -2.15.